The maximum absolute atomic E-state index is 12.8. The summed E-state index contributed by atoms with van der Waals surface area (Å²) in [6, 6.07) is 0. The van der Waals surface area contributed by atoms with E-state index in [2.05, 4.69) is 57.2 Å². The third-order valence-electron chi connectivity index (χ3n) is 11.4. The number of carbonyl (C=O) groups excluding carboxylic acids is 3. The van der Waals surface area contributed by atoms with Gasteiger partial charge in [0.2, 0.25) is 0 Å². The molecule has 0 aliphatic carbocycles. The summed E-state index contributed by atoms with van der Waals surface area (Å²) >= 11 is 0. The van der Waals surface area contributed by atoms with E-state index in [9.17, 15) is 14.4 Å². The third-order valence-corrected chi connectivity index (χ3v) is 11.4. The molecule has 0 aliphatic heterocycles. The van der Waals surface area contributed by atoms with E-state index in [1.54, 1.807) is 0 Å². The first kappa shape index (κ1) is 57.6. The van der Waals surface area contributed by atoms with Crippen LogP contribution in [0.3, 0.4) is 0 Å². The minimum atomic E-state index is -0.774. The zero-order valence-corrected chi connectivity index (χ0v) is 40.0. The van der Waals surface area contributed by atoms with E-state index in [-0.39, 0.29) is 31.1 Å². The van der Waals surface area contributed by atoms with Crippen molar-refractivity contribution in [3.63, 3.8) is 0 Å². The average Bonchev–Trinajstić information content (AvgIpc) is 3.24. The van der Waals surface area contributed by atoms with Crippen LogP contribution in [0.5, 0.6) is 0 Å². The summed E-state index contributed by atoms with van der Waals surface area (Å²) in [6.45, 7) is 6.58. The second kappa shape index (κ2) is 49.3. The van der Waals surface area contributed by atoms with Crippen molar-refractivity contribution in [3.8, 4) is 0 Å². The second-order valence-corrected chi connectivity index (χ2v) is 17.4. The average molecular weight is 843 g/mol. The normalized spacial score (nSPS) is 12.2. The van der Waals surface area contributed by atoms with Crippen molar-refractivity contribution < 1.29 is 28.6 Å². The van der Waals surface area contributed by atoms with Gasteiger partial charge in [-0.1, -0.05) is 218 Å². The summed E-state index contributed by atoms with van der Waals surface area (Å²) in [5.41, 5.74) is 0. The lowest BCUT2D eigenvalue weighted by molar-refractivity contribution is -0.167. The van der Waals surface area contributed by atoms with Gasteiger partial charge in [0.1, 0.15) is 13.2 Å². The Bertz CT molecular complexity index is 1020. The van der Waals surface area contributed by atoms with Crippen LogP contribution in [0, 0.1) is 0 Å². The quantitative estimate of drug-likeness (QED) is 0.0263. The van der Waals surface area contributed by atoms with E-state index in [0.29, 0.717) is 19.3 Å². The molecule has 0 radical (unpaired) electrons. The van der Waals surface area contributed by atoms with Crippen LogP contribution < -0.4 is 0 Å². The predicted molar refractivity (Wildman–Crippen MR) is 256 cm³/mol. The van der Waals surface area contributed by atoms with Crippen LogP contribution in [0.25, 0.3) is 0 Å². The van der Waals surface area contributed by atoms with E-state index >= 15 is 0 Å². The number of hydrogen-bond acceptors (Lipinski definition) is 6. The summed E-state index contributed by atoms with van der Waals surface area (Å²) in [5, 5.41) is 0. The van der Waals surface area contributed by atoms with Crippen LogP contribution in [0.2, 0.25) is 0 Å². The number of ether oxygens (including phenoxy) is 3. The SMILES string of the molecule is CCCC/C=C\CCCCCCCC(=O)OCC(COC(=O)CCCCCCCCC/C=C\C/C=C\CCCCC)OC(=O)CCCCCCCCCCCCCCCC. The Morgan fingerprint density at radius 2 is 0.617 bits per heavy atom. The van der Waals surface area contributed by atoms with Gasteiger partial charge in [-0.25, -0.2) is 0 Å². The number of allylic oxidation sites excluding steroid dienone is 6. The largest absolute Gasteiger partial charge is 0.462 e. The molecule has 0 aliphatic rings. The molecule has 60 heavy (non-hydrogen) atoms. The molecule has 0 aromatic heterocycles. The molecule has 0 fully saturated rings. The van der Waals surface area contributed by atoms with Crippen molar-refractivity contribution in [3.05, 3.63) is 36.5 Å². The van der Waals surface area contributed by atoms with Crippen molar-refractivity contribution >= 4 is 17.9 Å². The molecule has 0 spiro atoms. The van der Waals surface area contributed by atoms with E-state index in [0.717, 1.165) is 77.0 Å². The number of carbonyl (C=O) groups is 3. The van der Waals surface area contributed by atoms with Crippen LogP contribution in [0.1, 0.15) is 271 Å². The zero-order valence-electron chi connectivity index (χ0n) is 40.0. The summed E-state index contributed by atoms with van der Waals surface area (Å²) in [4.78, 5) is 37.9. The summed E-state index contributed by atoms with van der Waals surface area (Å²) < 4.78 is 16.8. The second-order valence-electron chi connectivity index (χ2n) is 17.4. The number of rotatable bonds is 47. The minimum absolute atomic E-state index is 0.0762. The van der Waals surface area contributed by atoms with Crippen LogP contribution in [0.4, 0.5) is 0 Å². The van der Waals surface area contributed by atoms with E-state index in [4.69, 9.17) is 14.2 Å². The van der Waals surface area contributed by atoms with Crippen LogP contribution in [-0.2, 0) is 28.6 Å². The van der Waals surface area contributed by atoms with Gasteiger partial charge in [0.25, 0.3) is 0 Å². The van der Waals surface area contributed by atoms with Gasteiger partial charge in [-0.2, -0.15) is 0 Å². The van der Waals surface area contributed by atoms with E-state index in [1.807, 2.05) is 0 Å². The number of hydrogen-bond donors (Lipinski definition) is 0. The molecule has 0 amide bonds. The lowest BCUT2D eigenvalue weighted by atomic mass is 10.0. The Hall–Kier alpha value is -2.37. The highest BCUT2D eigenvalue weighted by molar-refractivity contribution is 5.71. The van der Waals surface area contributed by atoms with E-state index < -0.39 is 6.10 Å². The van der Waals surface area contributed by atoms with Gasteiger partial charge >= 0.3 is 17.9 Å². The minimum Gasteiger partial charge on any atom is -0.462 e. The molecule has 0 heterocycles. The molecule has 350 valence electrons. The van der Waals surface area contributed by atoms with Crippen LogP contribution in [0.15, 0.2) is 36.5 Å². The Balaban J connectivity index is 4.34. The lowest BCUT2D eigenvalue weighted by Crippen LogP contribution is -2.30. The molecular weight excluding hydrogens is 745 g/mol. The topological polar surface area (TPSA) is 78.9 Å². The van der Waals surface area contributed by atoms with Gasteiger partial charge in [-0.3, -0.25) is 14.4 Å². The Morgan fingerprint density at radius 3 is 1.02 bits per heavy atom. The molecule has 0 aromatic carbocycles. The molecule has 6 heteroatoms. The Kier molecular flexibility index (Phi) is 47.3. The standard InChI is InChI=1S/C54H98O6/c1-4-7-10-13-16-19-22-24-26-27-28-30-32-35-38-41-44-47-53(56)59-50-51(49-58-52(55)46-43-40-37-34-31-21-18-15-12-9-6-3)60-54(57)48-45-42-39-36-33-29-25-23-20-17-14-11-8-5-2/h15-16,18-19,24,26,51H,4-14,17,20-23,25,27-50H2,1-3H3/b18-15-,19-16-,26-24-. The van der Waals surface area contributed by atoms with Crippen molar-refractivity contribution in [2.24, 2.45) is 0 Å². The fourth-order valence-electron chi connectivity index (χ4n) is 7.39. The molecule has 0 bridgehead atoms. The lowest BCUT2D eigenvalue weighted by Gasteiger charge is -2.18. The van der Waals surface area contributed by atoms with Crippen molar-refractivity contribution in [1.82, 2.24) is 0 Å². The Labute approximate surface area is 372 Å². The smallest absolute Gasteiger partial charge is 0.306 e. The third kappa shape index (κ3) is 46.7. The van der Waals surface area contributed by atoms with E-state index in [1.165, 1.54) is 154 Å². The van der Waals surface area contributed by atoms with Crippen LogP contribution >= 0.6 is 0 Å². The van der Waals surface area contributed by atoms with Gasteiger partial charge in [0.05, 0.1) is 0 Å². The first-order valence-electron chi connectivity index (χ1n) is 26.0. The molecule has 1 unspecified atom stereocenters. The Morgan fingerprint density at radius 1 is 0.333 bits per heavy atom. The highest BCUT2D eigenvalue weighted by Gasteiger charge is 2.19. The van der Waals surface area contributed by atoms with Crippen molar-refractivity contribution in [1.29, 1.82) is 0 Å². The first-order valence-corrected chi connectivity index (χ1v) is 26.0. The van der Waals surface area contributed by atoms with Crippen molar-refractivity contribution in [2.75, 3.05) is 13.2 Å². The van der Waals surface area contributed by atoms with Gasteiger partial charge in [0.15, 0.2) is 6.10 Å². The molecule has 6 nitrogen and oxygen atoms in total. The highest BCUT2D eigenvalue weighted by atomic mass is 16.6. The molecule has 0 saturated carbocycles. The molecule has 0 aromatic rings. The molecule has 0 N–H and O–H groups in total. The maximum atomic E-state index is 12.8. The molecular formula is C54H98O6. The van der Waals surface area contributed by atoms with Gasteiger partial charge in [-0.15, -0.1) is 0 Å². The first-order chi connectivity index (χ1) is 29.5. The van der Waals surface area contributed by atoms with Gasteiger partial charge in [0, 0.05) is 19.3 Å². The zero-order chi connectivity index (χ0) is 43.7. The van der Waals surface area contributed by atoms with Gasteiger partial charge in [-0.05, 0) is 70.6 Å². The van der Waals surface area contributed by atoms with Crippen molar-refractivity contribution in [2.45, 2.75) is 277 Å². The molecule has 1 atom stereocenters. The molecule has 0 saturated heterocycles. The highest BCUT2D eigenvalue weighted by Crippen LogP contribution is 2.15. The maximum Gasteiger partial charge on any atom is 0.306 e. The fraction of sp³-hybridized carbons (Fsp3) is 0.833. The fourth-order valence-corrected chi connectivity index (χ4v) is 7.39. The summed E-state index contributed by atoms with van der Waals surface area (Å²) in [7, 11) is 0. The predicted octanol–water partition coefficient (Wildman–Crippen LogP) is 16.9. The number of esters is 3. The molecule has 0 rings (SSSR count). The summed E-state index contributed by atoms with van der Waals surface area (Å²) in [5.74, 6) is -0.883. The van der Waals surface area contributed by atoms with Crippen LogP contribution in [-0.4, -0.2) is 37.2 Å². The van der Waals surface area contributed by atoms with Gasteiger partial charge < -0.3 is 14.2 Å². The monoisotopic (exact) mass is 843 g/mol. The summed E-state index contributed by atoms with van der Waals surface area (Å²) in [6.07, 6.45) is 56.9. The number of unbranched alkanes of at least 4 members (excludes halogenated alkanes) is 30.